The molecule has 0 amide bonds. The number of aryl methyl sites for hydroxylation is 4. The molecule has 0 aromatic heterocycles. The first-order valence-corrected chi connectivity index (χ1v) is 8.89. The third kappa shape index (κ3) is 3.08. The summed E-state index contributed by atoms with van der Waals surface area (Å²) < 4.78 is 0. The van der Waals surface area contributed by atoms with Gasteiger partial charge in [-0.1, -0.05) is 24.3 Å². The molecule has 2 atom stereocenters. The van der Waals surface area contributed by atoms with Crippen molar-refractivity contribution in [2.75, 3.05) is 10.6 Å². The lowest BCUT2D eigenvalue weighted by Crippen LogP contribution is -2.35. The van der Waals surface area contributed by atoms with E-state index in [9.17, 15) is 0 Å². The van der Waals surface area contributed by atoms with Gasteiger partial charge in [0, 0.05) is 23.5 Å². The van der Waals surface area contributed by atoms with Crippen LogP contribution in [0.25, 0.3) is 0 Å². The molecule has 0 unspecified atom stereocenters. The Morgan fingerprint density at radius 2 is 1.26 bits per heavy atom. The molecule has 0 fully saturated rings. The largest absolute Gasteiger partial charge is 0.382 e. The predicted molar refractivity (Wildman–Crippen MR) is 98.4 cm³/mol. The third-order valence-electron chi connectivity index (χ3n) is 5.34. The molecule has 0 saturated carbocycles. The highest BCUT2D eigenvalue weighted by Crippen LogP contribution is 2.31. The molecule has 2 aliphatic heterocycles. The van der Waals surface area contributed by atoms with E-state index >= 15 is 0 Å². The van der Waals surface area contributed by atoms with Gasteiger partial charge >= 0.3 is 0 Å². The summed E-state index contributed by atoms with van der Waals surface area (Å²) in [7, 11) is 0. The lowest BCUT2D eigenvalue weighted by atomic mass is 9.89. The molecule has 4 rings (SSSR count). The first kappa shape index (κ1) is 14.6. The number of hydrogen-bond donors (Lipinski definition) is 2. The third-order valence-corrected chi connectivity index (χ3v) is 5.34. The Labute approximate surface area is 139 Å². The summed E-state index contributed by atoms with van der Waals surface area (Å²) in [6, 6.07) is 14.8. The van der Waals surface area contributed by atoms with Crippen molar-refractivity contribution in [1.82, 2.24) is 0 Å². The zero-order chi connectivity index (χ0) is 15.8. The molecule has 2 nitrogen and oxygen atoms in total. The number of nitrogens with one attached hydrogen (secondary N) is 2. The van der Waals surface area contributed by atoms with Crippen molar-refractivity contribution in [3.8, 4) is 0 Å². The Balaban J connectivity index is 1.44. The van der Waals surface area contributed by atoms with Crippen LogP contribution in [0.1, 0.15) is 41.5 Å². The van der Waals surface area contributed by atoms with Crippen molar-refractivity contribution < 1.29 is 0 Å². The summed E-state index contributed by atoms with van der Waals surface area (Å²) in [5.74, 6) is 0. The zero-order valence-electron chi connectivity index (χ0n) is 14.2. The van der Waals surface area contributed by atoms with Crippen molar-refractivity contribution in [3.63, 3.8) is 0 Å². The molecule has 2 aromatic carbocycles. The number of fused-ring (bicyclic) bond motifs is 2. The summed E-state index contributed by atoms with van der Waals surface area (Å²) in [6.07, 6.45) is 6.11. The zero-order valence-corrected chi connectivity index (χ0v) is 14.2. The minimum Gasteiger partial charge on any atom is -0.382 e. The summed E-state index contributed by atoms with van der Waals surface area (Å²) in [6.45, 7) is 4.35. The highest BCUT2D eigenvalue weighted by molar-refractivity contribution is 5.57. The second kappa shape index (κ2) is 5.92. The number of benzene rings is 2. The number of rotatable bonds is 2. The van der Waals surface area contributed by atoms with Crippen LogP contribution >= 0.6 is 0 Å². The maximum atomic E-state index is 3.78. The Hall–Kier alpha value is -1.96. The number of anilines is 2. The van der Waals surface area contributed by atoms with E-state index in [1.54, 1.807) is 0 Å². The Bertz CT molecular complexity index is 658. The molecular formula is C21H26N2. The van der Waals surface area contributed by atoms with Gasteiger partial charge in [-0.2, -0.15) is 0 Å². The highest BCUT2D eigenvalue weighted by atomic mass is 15.0. The first-order chi connectivity index (χ1) is 11.2. The summed E-state index contributed by atoms with van der Waals surface area (Å²) in [4.78, 5) is 0. The van der Waals surface area contributed by atoms with Gasteiger partial charge in [0.25, 0.3) is 0 Å². The molecule has 2 heterocycles. The van der Waals surface area contributed by atoms with Gasteiger partial charge in [0.1, 0.15) is 0 Å². The van der Waals surface area contributed by atoms with Crippen LogP contribution in [0.2, 0.25) is 0 Å². The average molecular weight is 306 g/mol. The maximum absolute atomic E-state index is 3.78. The van der Waals surface area contributed by atoms with Gasteiger partial charge in [0.15, 0.2) is 0 Å². The van der Waals surface area contributed by atoms with Crippen LogP contribution < -0.4 is 10.6 Å². The molecule has 0 spiro atoms. The van der Waals surface area contributed by atoms with Crippen LogP contribution in [0.3, 0.4) is 0 Å². The fourth-order valence-corrected chi connectivity index (χ4v) is 4.03. The molecule has 23 heavy (non-hydrogen) atoms. The van der Waals surface area contributed by atoms with Gasteiger partial charge in [-0.25, -0.2) is 0 Å². The van der Waals surface area contributed by atoms with E-state index < -0.39 is 0 Å². The van der Waals surface area contributed by atoms with Gasteiger partial charge in [0.2, 0.25) is 0 Å². The smallest absolute Gasteiger partial charge is 0.0377 e. The van der Waals surface area contributed by atoms with Crippen LogP contribution in [-0.4, -0.2) is 12.1 Å². The Morgan fingerprint density at radius 1 is 0.783 bits per heavy atom. The van der Waals surface area contributed by atoms with Crippen LogP contribution in [0, 0.1) is 13.8 Å². The van der Waals surface area contributed by atoms with E-state index in [2.05, 4.69) is 60.9 Å². The topological polar surface area (TPSA) is 24.1 Å². The summed E-state index contributed by atoms with van der Waals surface area (Å²) >= 11 is 0. The Morgan fingerprint density at radius 3 is 1.74 bits per heavy atom. The lowest BCUT2D eigenvalue weighted by molar-refractivity contribution is 0.502. The lowest BCUT2D eigenvalue weighted by Gasteiger charge is -2.33. The van der Waals surface area contributed by atoms with Gasteiger partial charge in [0.05, 0.1) is 0 Å². The van der Waals surface area contributed by atoms with E-state index in [0.717, 1.165) is 0 Å². The standard InChI is InChI=1S/C21H26N2/c1-14-3-5-16-7-9-18(22-20(16)11-14)13-19-10-8-17-6-4-15(2)12-21(17)23-19/h3-6,11-12,18-19,22-23H,7-10,13H2,1-2H3/t18-,19-/m1/s1. The minimum atomic E-state index is 0.591. The molecule has 2 N–H and O–H groups in total. The van der Waals surface area contributed by atoms with Crippen LogP contribution in [-0.2, 0) is 12.8 Å². The minimum absolute atomic E-state index is 0.591. The van der Waals surface area contributed by atoms with Gasteiger partial charge in [-0.3, -0.25) is 0 Å². The first-order valence-electron chi connectivity index (χ1n) is 8.89. The molecule has 0 bridgehead atoms. The van der Waals surface area contributed by atoms with E-state index in [-0.39, 0.29) is 0 Å². The van der Waals surface area contributed by atoms with E-state index in [4.69, 9.17) is 0 Å². The van der Waals surface area contributed by atoms with Crippen molar-refractivity contribution in [1.29, 1.82) is 0 Å². The molecular weight excluding hydrogens is 280 g/mol. The van der Waals surface area contributed by atoms with Gasteiger partial charge in [-0.15, -0.1) is 0 Å². The van der Waals surface area contributed by atoms with E-state index in [1.807, 2.05) is 0 Å². The molecule has 2 aromatic rings. The SMILES string of the molecule is Cc1ccc2c(c1)N[C@@H](C[C@H]1CCc3ccc(C)cc3N1)CC2. The second-order valence-corrected chi connectivity index (χ2v) is 7.32. The Kier molecular flexibility index (Phi) is 3.76. The fourth-order valence-electron chi connectivity index (χ4n) is 4.03. The second-order valence-electron chi connectivity index (χ2n) is 7.32. The molecule has 2 aliphatic rings. The quantitative estimate of drug-likeness (QED) is 0.829. The van der Waals surface area contributed by atoms with Crippen molar-refractivity contribution in [3.05, 3.63) is 58.7 Å². The molecule has 0 aliphatic carbocycles. The van der Waals surface area contributed by atoms with Crippen LogP contribution in [0.5, 0.6) is 0 Å². The normalized spacial score (nSPS) is 22.5. The monoisotopic (exact) mass is 306 g/mol. The fraction of sp³-hybridized carbons (Fsp3) is 0.429. The predicted octanol–water partition coefficient (Wildman–Crippen LogP) is 4.85. The van der Waals surface area contributed by atoms with Crippen molar-refractivity contribution in [2.45, 2.75) is 58.0 Å². The molecule has 0 radical (unpaired) electrons. The average Bonchev–Trinajstić information content (AvgIpc) is 2.54. The van der Waals surface area contributed by atoms with Crippen molar-refractivity contribution in [2.24, 2.45) is 0 Å². The maximum Gasteiger partial charge on any atom is 0.0377 e. The molecule has 120 valence electrons. The van der Waals surface area contributed by atoms with Crippen LogP contribution in [0.4, 0.5) is 11.4 Å². The number of hydrogen-bond acceptors (Lipinski definition) is 2. The summed E-state index contributed by atoms with van der Waals surface area (Å²) in [5, 5.41) is 7.56. The molecule has 0 saturated heterocycles. The summed E-state index contributed by atoms with van der Waals surface area (Å²) in [5.41, 5.74) is 8.35. The highest BCUT2D eigenvalue weighted by Gasteiger charge is 2.24. The van der Waals surface area contributed by atoms with E-state index in [0.29, 0.717) is 12.1 Å². The van der Waals surface area contributed by atoms with E-state index in [1.165, 1.54) is 65.7 Å². The van der Waals surface area contributed by atoms with Gasteiger partial charge < -0.3 is 10.6 Å². The van der Waals surface area contributed by atoms with Crippen LogP contribution in [0.15, 0.2) is 36.4 Å². The molecule has 2 heteroatoms. The van der Waals surface area contributed by atoms with Gasteiger partial charge in [-0.05, 0) is 80.3 Å². The van der Waals surface area contributed by atoms with Crippen molar-refractivity contribution >= 4 is 11.4 Å².